The summed E-state index contributed by atoms with van der Waals surface area (Å²) in [5.74, 6) is 1.48. The molecule has 2 N–H and O–H groups in total. The number of nitrogens with zero attached hydrogens (tertiary/aromatic N) is 6. The van der Waals surface area contributed by atoms with E-state index in [9.17, 15) is 5.11 Å². The van der Waals surface area contributed by atoms with Crippen molar-refractivity contribution in [1.82, 2.24) is 24.4 Å². The number of hydrogen-bond donors (Lipinski definition) is 2. The summed E-state index contributed by atoms with van der Waals surface area (Å²) in [6.07, 6.45) is 1.60. The summed E-state index contributed by atoms with van der Waals surface area (Å²) >= 11 is 0. The number of aliphatic hydroxyl groups is 1. The van der Waals surface area contributed by atoms with Gasteiger partial charge in [0.05, 0.1) is 12.3 Å². The van der Waals surface area contributed by atoms with Crippen molar-refractivity contribution < 1.29 is 5.11 Å². The zero-order chi connectivity index (χ0) is 28.3. The van der Waals surface area contributed by atoms with E-state index in [2.05, 4.69) is 86.0 Å². The van der Waals surface area contributed by atoms with E-state index in [0.29, 0.717) is 17.8 Å². The molecule has 0 aliphatic carbocycles. The van der Waals surface area contributed by atoms with Crippen LogP contribution in [0.1, 0.15) is 24.5 Å². The molecule has 0 saturated carbocycles. The fourth-order valence-electron chi connectivity index (χ4n) is 5.73. The van der Waals surface area contributed by atoms with Crippen molar-refractivity contribution in [3.8, 4) is 17.1 Å². The summed E-state index contributed by atoms with van der Waals surface area (Å²) in [5.41, 5.74) is 7.40. The quantitative estimate of drug-likeness (QED) is 0.237. The first-order valence-corrected chi connectivity index (χ1v) is 14.3. The summed E-state index contributed by atoms with van der Waals surface area (Å²) in [6, 6.07) is 26.9. The maximum atomic E-state index is 10.5. The van der Waals surface area contributed by atoms with Crippen molar-refractivity contribution in [3.63, 3.8) is 0 Å². The largest absolute Gasteiger partial charge is 0.393 e. The predicted octanol–water partition coefficient (Wildman–Crippen LogP) is 5.85. The van der Waals surface area contributed by atoms with E-state index < -0.39 is 6.10 Å². The van der Waals surface area contributed by atoms with E-state index in [-0.39, 0.29) is 18.6 Å². The Bertz CT molecular complexity index is 1620. The number of benzene rings is 3. The molecule has 2 aromatic heterocycles. The summed E-state index contributed by atoms with van der Waals surface area (Å²) in [5, 5.41) is 14.1. The van der Waals surface area contributed by atoms with E-state index in [1.165, 1.54) is 16.8 Å². The second-order valence-corrected chi connectivity index (χ2v) is 10.9. The summed E-state index contributed by atoms with van der Waals surface area (Å²) < 4.78 is 2.09. The topological polar surface area (TPSA) is 82.3 Å². The van der Waals surface area contributed by atoms with Crippen LogP contribution in [0.5, 0.6) is 0 Å². The molecular weight excluding hydrogens is 546 g/mol. The molecule has 218 valence electrons. The molecule has 9 heteroatoms. The minimum absolute atomic E-state index is 0. The molecule has 0 spiro atoms. The Kier molecular flexibility index (Phi) is 9.06. The molecule has 6 rings (SSSR count). The van der Waals surface area contributed by atoms with Crippen LogP contribution in [0.25, 0.3) is 28.2 Å². The van der Waals surface area contributed by atoms with Gasteiger partial charge in [-0.1, -0.05) is 60.7 Å². The number of halogens is 1. The number of hydrogen-bond acceptors (Lipinski definition) is 7. The Hall–Kier alpha value is -3.98. The molecule has 1 aliphatic heterocycles. The highest BCUT2D eigenvalue weighted by Gasteiger charge is 2.28. The summed E-state index contributed by atoms with van der Waals surface area (Å²) in [6.45, 7) is 9.80. The Labute approximate surface area is 253 Å². The number of fused-ring (bicyclic) bond motifs is 1. The SMILES string of the molecule is Cc1cccc(N2CCN(C(CC(C)O)Nc3ncnc4c3nc(-c3ccccc3)n4-c3ccccc3)CC2)c1C.Cl. The third-order valence-electron chi connectivity index (χ3n) is 8.03. The molecule has 0 amide bonds. The molecule has 8 nitrogen and oxygen atoms in total. The van der Waals surface area contributed by atoms with E-state index in [1.54, 1.807) is 6.33 Å². The lowest BCUT2D eigenvalue weighted by Gasteiger charge is -2.41. The molecule has 0 bridgehead atoms. The van der Waals surface area contributed by atoms with Gasteiger partial charge in [0.2, 0.25) is 0 Å². The summed E-state index contributed by atoms with van der Waals surface area (Å²) in [4.78, 5) is 19.3. The van der Waals surface area contributed by atoms with Gasteiger partial charge in [0.1, 0.15) is 12.2 Å². The molecule has 1 saturated heterocycles. The second-order valence-electron chi connectivity index (χ2n) is 10.9. The lowest BCUT2D eigenvalue weighted by molar-refractivity contribution is 0.119. The number of nitrogens with one attached hydrogen (secondary N) is 1. The van der Waals surface area contributed by atoms with Gasteiger partial charge >= 0.3 is 0 Å². The zero-order valence-corrected chi connectivity index (χ0v) is 25.1. The molecule has 5 aromatic rings. The van der Waals surface area contributed by atoms with Gasteiger partial charge in [0.25, 0.3) is 0 Å². The normalized spacial score (nSPS) is 15.3. The van der Waals surface area contributed by atoms with Crippen molar-refractivity contribution in [2.75, 3.05) is 36.4 Å². The number of rotatable bonds is 8. The van der Waals surface area contributed by atoms with E-state index >= 15 is 0 Å². The van der Waals surface area contributed by atoms with Crippen LogP contribution in [0.3, 0.4) is 0 Å². The van der Waals surface area contributed by atoms with Crippen LogP contribution in [0.2, 0.25) is 0 Å². The van der Waals surface area contributed by atoms with Crippen molar-refractivity contribution >= 4 is 35.1 Å². The number of para-hydroxylation sites is 1. The van der Waals surface area contributed by atoms with Crippen LogP contribution in [0.4, 0.5) is 11.5 Å². The fraction of sp³-hybridized carbons (Fsp3) is 0.303. The molecule has 0 radical (unpaired) electrons. The van der Waals surface area contributed by atoms with Crippen LogP contribution in [-0.4, -0.2) is 68.0 Å². The van der Waals surface area contributed by atoms with Gasteiger partial charge in [0.15, 0.2) is 17.0 Å². The minimum Gasteiger partial charge on any atom is -0.393 e. The fourth-order valence-corrected chi connectivity index (χ4v) is 5.73. The lowest BCUT2D eigenvalue weighted by atomic mass is 10.1. The molecule has 2 unspecified atom stereocenters. The standard InChI is InChI=1S/C33H37N7O.ClH/c1-23-11-10-16-28(25(23)3)38-17-19-39(20-18-38)29(21-24(2)41)36-31-30-33(35-22-34-31)40(27-14-8-5-9-15-27)32(37-30)26-12-6-4-7-13-26;/h4-16,22,24,29,41H,17-21H2,1-3H3,(H,34,35,36);1H. The maximum absolute atomic E-state index is 10.5. The van der Waals surface area contributed by atoms with Crippen LogP contribution in [0.15, 0.2) is 85.2 Å². The van der Waals surface area contributed by atoms with Crippen LogP contribution in [0, 0.1) is 13.8 Å². The average molecular weight is 584 g/mol. The number of aromatic nitrogens is 4. The smallest absolute Gasteiger partial charge is 0.170 e. The predicted molar refractivity (Wildman–Crippen MR) is 173 cm³/mol. The Morgan fingerprint density at radius 3 is 2.24 bits per heavy atom. The van der Waals surface area contributed by atoms with Crippen molar-refractivity contribution in [2.24, 2.45) is 0 Å². The Morgan fingerprint density at radius 2 is 1.55 bits per heavy atom. The molecular formula is C33H38ClN7O. The van der Waals surface area contributed by atoms with Gasteiger partial charge in [-0.15, -0.1) is 12.4 Å². The van der Waals surface area contributed by atoms with Crippen molar-refractivity contribution in [2.45, 2.75) is 39.5 Å². The third-order valence-corrected chi connectivity index (χ3v) is 8.03. The van der Waals surface area contributed by atoms with E-state index in [1.807, 2.05) is 43.3 Å². The first kappa shape index (κ1) is 29.5. The van der Waals surface area contributed by atoms with Crippen LogP contribution < -0.4 is 10.2 Å². The molecule has 1 aliphatic rings. The number of piperazine rings is 1. The Balaban J connectivity index is 0.00000353. The molecule has 1 fully saturated rings. The van der Waals surface area contributed by atoms with Gasteiger partial charge in [-0.25, -0.2) is 15.0 Å². The Morgan fingerprint density at radius 1 is 0.857 bits per heavy atom. The minimum atomic E-state index is -0.469. The van der Waals surface area contributed by atoms with Crippen molar-refractivity contribution in [1.29, 1.82) is 0 Å². The monoisotopic (exact) mass is 583 g/mol. The van der Waals surface area contributed by atoms with Gasteiger partial charge < -0.3 is 15.3 Å². The number of imidazole rings is 1. The second kappa shape index (κ2) is 12.9. The first-order chi connectivity index (χ1) is 20.0. The highest BCUT2D eigenvalue weighted by Crippen LogP contribution is 2.31. The third kappa shape index (κ3) is 5.97. The van der Waals surface area contributed by atoms with E-state index in [4.69, 9.17) is 4.98 Å². The zero-order valence-electron chi connectivity index (χ0n) is 24.3. The first-order valence-electron chi connectivity index (χ1n) is 14.3. The van der Waals surface area contributed by atoms with Gasteiger partial charge in [0, 0.05) is 49.5 Å². The van der Waals surface area contributed by atoms with Crippen LogP contribution >= 0.6 is 12.4 Å². The van der Waals surface area contributed by atoms with E-state index in [0.717, 1.165) is 48.9 Å². The summed E-state index contributed by atoms with van der Waals surface area (Å²) in [7, 11) is 0. The van der Waals surface area contributed by atoms with Gasteiger partial charge in [-0.05, 0) is 50.1 Å². The highest BCUT2D eigenvalue weighted by atomic mass is 35.5. The van der Waals surface area contributed by atoms with Gasteiger partial charge in [-0.3, -0.25) is 9.47 Å². The van der Waals surface area contributed by atoms with Crippen LogP contribution in [-0.2, 0) is 0 Å². The maximum Gasteiger partial charge on any atom is 0.170 e. The molecule has 3 aromatic carbocycles. The van der Waals surface area contributed by atoms with Crippen molar-refractivity contribution in [3.05, 3.63) is 96.3 Å². The van der Waals surface area contributed by atoms with Gasteiger partial charge in [-0.2, -0.15) is 0 Å². The lowest BCUT2D eigenvalue weighted by Crippen LogP contribution is -2.53. The molecule has 42 heavy (non-hydrogen) atoms. The average Bonchev–Trinajstić information content (AvgIpc) is 3.40. The number of anilines is 2. The highest BCUT2D eigenvalue weighted by molar-refractivity contribution is 5.88. The number of aryl methyl sites for hydroxylation is 1. The molecule has 2 atom stereocenters. The number of aliphatic hydroxyl groups excluding tert-OH is 1. The molecule has 3 heterocycles.